The maximum Gasteiger partial charge on any atom is 0.323 e. The molecule has 0 unspecified atom stereocenters. The van der Waals surface area contributed by atoms with Crippen LogP contribution >= 0.6 is 11.3 Å². The third-order valence-electron chi connectivity index (χ3n) is 2.22. The zero-order valence-electron chi connectivity index (χ0n) is 10.8. The summed E-state index contributed by atoms with van der Waals surface area (Å²) in [6.45, 7) is 0.432. The average Bonchev–Trinajstić information content (AvgIpc) is 2.82. The molecule has 0 bridgehead atoms. The van der Waals surface area contributed by atoms with Crippen LogP contribution in [0.25, 0.3) is 0 Å². The average molecular weight is 288 g/mol. The van der Waals surface area contributed by atoms with Crippen LogP contribution in [0.4, 0.5) is 0 Å². The SMILES string of the molecule is COCCN(CC(=O)O)C(=O)c1csc(COC)n1. The van der Waals surface area contributed by atoms with E-state index in [4.69, 9.17) is 14.6 Å². The van der Waals surface area contributed by atoms with Crippen LogP contribution in [0.15, 0.2) is 5.38 Å². The van der Waals surface area contributed by atoms with Crippen molar-refractivity contribution in [2.45, 2.75) is 6.61 Å². The predicted octanol–water partition coefficient (Wildman–Crippen LogP) is 0.463. The van der Waals surface area contributed by atoms with Crippen molar-refractivity contribution in [2.75, 3.05) is 33.9 Å². The Morgan fingerprint density at radius 3 is 2.74 bits per heavy atom. The Balaban J connectivity index is 2.75. The summed E-state index contributed by atoms with van der Waals surface area (Å²) in [7, 11) is 3.03. The van der Waals surface area contributed by atoms with Gasteiger partial charge in [-0.05, 0) is 0 Å². The number of aromatic nitrogens is 1. The van der Waals surface area contributed by atoms with Gasteiger partial charge < -0.3 is 19.5 Å². The van der Waals surface area contributed by atoms with Gasteiger partial charge in [0, 0.05) is 26.1 Å². The van der Waals surface area contributed by atoms with Gasteiger partial charge in [0.1, 0.15) is 17.2 Å². The number of carbonyl (C=O) groups is 2. The minimum atomic E-state index is -1.07. The molecular formula is C11H16N2O5S. The largest absolute Gasteiger partial charge is 0.480 e. The van der Waals surface area contributed by atoms with Crippen molar-refractivity contribution in [3.63, 3.8) is 0 Å². The molecule has 0 aliphatic carbocycles. The summed E-state index contributed by atoms with van der Waals surface area (Å²) in [5.41, 5.74) is 0.231. The summed E-state index contributed by atoms with van der Waals surface area (Å²) in [5, 5.41) is 11.1. The minimum Gasteiger partial charge on any atom is -0.480 e. The van der Waals surface area contributed by atoms with Crippen LogP contribution in [0.3, 0.4) is 0 Å². The van der Waals surface area contributed by atoms with Crippen molar-refractivity contribution in [2.24, 2.45) is 0 Å². The van der Waals surface area contributed by atoms with Crippen molar-refractivity contribution < 1.29 is 24.2 Å². The van der Waals surface area contributed by atoms with E-state index in [9.17, 15) is 9.59 Å². The quantitative estimate of drug-likeness (QED) is 0.747. The summed E-state index contributed by atoms with van der Waals surface area (Å²) in [4.78, 5) is 28.2. The molecule has 0 aromatic carbocycles. The Hall–Kier alpha value is -1.51. The van der Waals surface area contributed by atoms with Gasteiger partial charge in [0.05, 0.1) is 13.2 Å². The van der Waals surface area contributed by atoms with E-state index in [0.717, 1.165) is 0 Å². The molecule has 0 fully saturated rings. The maximum absolute atomic E-state index is 12.1. The lowest BCUT2D eigenvalue weighted by Gasteiger charge is -2.18. The molecule has 1 N–H and O–H groups in total. The fourth-order valence-corrected chi connectivity index (χ4v) is 2.12. The number of carboxylic acid groups (broad SMARTS) is 1. The molecule has 0 saturated carbocycles. The van der Waals surface area contributed by atoms with Crippen LogP contribution < -0.4 is 0 Å². The van der Waals surface area contributed by atoms with Crippen LogP contribution in [-0.4, -0.2) is 60.8 Å². The van der Waals surface area contributed by atoms with Gasteiger partial charge >= 0.3 is 5.97 Å². The standard InChI is InChI=1S/C11H16N2O5S/c1-17-4-3-13(5-10(14)15)11(16)8-7-19-9(12-8)6-18-2/h7H,3-6H2,1-2H3,(H,14,15). The fourth-order valence-electron chi connectivity index (χ4n) is 1.38. The normalized spacial score (nSPS) is 10.4. The van der Waals surface area contributed by atoms with Crippen LogP contribution in [0, 0.1) is 0 Å². The number of aliphatic carboxylic acids is 1. The fraction of sp³-hybridized carbons (Fsp3) is 0.545. The number of nitrogens with zero attached hydrogens (tertiary/aromatic N) is 2. The third-order valence-corrected chi connectivity index (χ3v) is 3.04. The highest BCUT2D eigenvalue weighted by molar-refractivity contribution is 7.09. The van der Waals surface area contributed by atoms with Gasteiger partial charge in [-0.2, -0.15) is 0 Å². The smallest absolute Gasteiger partial charge is 0.323 e. The van der Waals surface area contributed by atoms with E-state index in [-0.39, 0.29) is 25.4 Å². The molecule has 106 valence electrons. The topological polar surface area (TPSA) is 89.0 Å². The maximum atomic E-state index is 12.1. The van der Waals surface area contributed by atoms with Gasteiger partial charge in [0.15, 0.2) is 0 Å². The molecule has 8 heteroatoms. The molecule has 0 atom stereocenters. The summed E-state index contributed by atoms with van der Waals surface area (Å²) in [5.74, 6) is -1.49. The molecule has 0 saturated heterocycles. The number of carboxylic acids is 1. The molecule has 0 radical (unpaired) electrons. The van der Waals surface area contributed by atoms with E-state index >= 15 is 0 Å². The first kappa shape index (κ1) is 15.5. The zero-order valence-corrected chi connectivity index (χ0v) is 11.6. The predicted molar refractivity (Wildman–Crippen MR) is 68.2 cm³/mol. The number of hydrogen-bond acceptors (Lipinski definition) is 6. The first-order valence-corrected chi connectivity index (χ1v) is 6.39. The Kier molecular flexibility index (Phi) is 6.40. The lowest BCUT2D eigenvalue weighted by atomic mass is 10.3. The molecule has 1 rings (SSSR count). The first-order chi connectivity index (χ1) is 9.08. The molecule has 1 aromatic heterocycles. The number of amides is 1. The van der Waals surface area contributed by atoms with Crippen molar-refractivity contribution in [3.05, 3.63) is 16.1 Å². The van der Waals surface area contributed by atoms with Crippen LogP contribution in [0.1, 0.15) is 15.5 Å². The van der Waals surface area contributed by atoms with E-state index in [2.05, 4.69) is 4.98 Å². The number of hydrogen-bond donors (Lipinski definition) is 1. The van der Waals surface area contributed by atoms with Crippen molar-refractivity contribution in [1.82, 2.24) is 9.88 Å². The molecule has 0 aliphatic heterocycles. The molecule has 0 aliphatic rings. The highest BCUT2D eigenvalue weighted by Gasteiger charge is 2.20. The van der Waals surface area contributed by atoms with Gasteiger partial charge in [-0.3, -0.25) is 9.59 Å². The monoisotopic (exact) mass is 288 g/mol. The van der Waals surface area contributed by atoms with Crippen molar-refractivity contribution in [3.8, 4) is 0 Å². The Morgan fingerprint density at radius 1 is 1.42 bits per heavy atom. The van der Waals surface area contributed by atoms with Gasteiger partial charge in [-0.1, -0.05) is 0 Å². The second kappa shape index (κ2) is 7.82. The molecular weight excluding hydrogens is 272 g/mol. The van der Waals surface area contributed by atoms with Gasteiger partial charge in [0.2, 0.25) is 0 Å². The van der Waals surface area contributed by atoms with E-state index < -0.39 is 11.9 Å². The first-order valence-electron chi connectivity index (χ1n) is 5.51. The lowest BCUT2D eigenvalue weighted by Crippen LogP contribution is -2.38. The molecule has 1 heterocycles. The second-order valence-corrected chi connectivity index (χ2v) is 4.62. The molecule has 1 amide bonds. The number of methoxy groups -OCH3 is 2. The highest BCUT2D eigenvalue weighted by atomic mass is 32.1. The van der Waals surface area contributed by atoms with Gasteiger partial charge in [0.25, 0.3) is 5.91 Å². The number of thiazole rings is 1. The van der Waals surface area contributed by atoms with E-state index in [1.165, 1.54) is 30.5 Å². The summed E-state index contributed by atoms with van der Waals surface area (Å²) < 4.78 is 9.78. The third kappa shape index (κ3) is 4.93. The lowest BCUT2D eigenvalue weighted by molar-refractivity contribution is -0.137. The zero-order chi connectivity index (χ0) is 14.3. The summed E-state index contributed by atoms with van der Waals surface area (Å²) in [6, 6.07) is 0. The van der Waals surface area contributed by atoms with E-state index in [1.807, 2.05) is 0 Å². The number of rotatable bonds is 8. The van der Waals surface area contributed by atoms with Gasteiger partial charge in [-0.15, -0.1) is 11.3 Å². The Morgan fingerprint density at radius 2 is 2.16 bits per heavy atom. The summed E-state index contributed by atoms with van der Waals surface area (Å²) in [6.07, 6.45) is 0. The Bertz CT molecular complexity index is 434. The van der Waals surface area contributed by atoms with Gasteiger partial charge in [-0.25, -0.2) is 4.98 Å². The molecule has 7 nitrogen and oxygen atoms in total. The van der Waals surface area contributed by atoms with Crippen LogP contribution in [0.5, 0.6) is 0 Å². The van der Waals surface area contributed by atoms with E-state index in [0.29, 0.717) is 11.6 Å². The minimum absolute atomic E-state index is 0.207. The highest BCUT2D eigenvalue weighted by Crippen LogP contribution is 2.12. The number of carbonyl (C=O) groups excluding carboxylic acids is 1. The second-order valence-electron chi connectivity index (χ2n) is 3.67. The molecule has 0 spiro atoms. The summed E-state index contributed by atoms with van der Waals surface area (Å²) >= 11 is 1.30. The Labute approximate surface area is 114 Å². The van der Waals surface area contributed by atoms with Crippen LogP contribution in [-0.2, 0) is 20.9 Å². The molecule has 1 aromatic rings. The van der Waals surface area contributed by atoms with Crippen molar-refractivity contribution in [1.29, 1.82) is 0 Å². The van der Waals surface area contributed by atoms with E-state index in [1.54, 1.807) is 5.38 Å². The molecule has 19 heavy (non-hydrogen) atoms. The van der Waals surface area contributed by atoms with Crippen LogP contribution in [0.2, 0.25) is 0 Å². The number of ether oxygens (including phenoxy) is 2. The van der Waals surface area contributed by atoms with Crippen molar-refractivity contribution >= 4 is 23.2 Å².